The van der Waals surface area contributed by atoms with Crippen LogP contribution in [0.2, 0.25) is 0 Å². The summed E-state index contributed by atoms with van der Waals surface area (Å²) in [7, 11) is 0. The van der Waals surface area contributed by atoms with Gasteiger partial charge >= 0.3 is 11.4 Å². The van der Waals surface area contributed by atoms with Crippen molar-refractivity contribution in [1.82, 2.24) is 4.98 Å². The average molecular weight is 219 g/mol. The highest BCUT2D eigenvalue weighted by molar-refractivity contribution is 5.83. The Balaban J connectivity index is 3.09. The molecule has 0 atom stereocenters. The highest BCUT2D eigenvalue weighted by Crippen LogP contribution is 2.21. The Morgan fingerprint density at radius 3 is 2.62 bits per heavy atom. The number of rotatable bonds is 1. The second kappa shape index (κ2) is 3.63. The van der Waals surface area contributed by atoms with Crippen LogP contribution in [0.4, 0.5) is 0 Å². The van der Waals surface area contributed by atoms with E-state index in [0.717, 1.165) is 23.1 Å². The molecule has 0 bridgehead atoms. The number of H-pyrrole nitrogens is 1. The number of aryl methyl sites for hydroxylation is 2. The van der Waals surface area contributed by atoms with Crippen molar-refractivity contribution in [2.45, 2.75) is 27.2 Å². The molecule has 1 aromatic heterocycles. The molecule has 84 valence electrons. The molecule has 0 fully saturated rings. The van der Waals surface area contributed by atoms with E-state index in [1.165, 1.54) is 0 Å². The quantitative estimate of drug-likeness (QED) is 0.793. The summed E-state index contributed by atoms with van der Waals surface area (Å²) in [4.78, 5) is 25.3. The monoisotopic (exact) mass is 219 g/mol. The smallest absolute Gasteiger partial charge is 0.372 e. The van der Waals surface area contributed by atoms with E-state index >= 15 is 0 Å². The van der Waals surface area contributed by atoms with Gasteiger partial charge in [-0.3, -0.25) is 4.98 Å². The normalized spacial score (nSPS) is 10.9. The fourth-order valence-corrected chi connectivity index (χ4v) is 2.03. The third kappa shape index (κ3) is 1.46. The van der Waals surface area contributed by atoms with E-state index in [0.29, 0.717) is 10.9 Å². The van der Waals surface area contributed by atoms with E-state index in [-0.39, 0.29) is 0 Å². The Morgan fingerprint density at radius 1 is 1.31 bits per heavy atom. The highest BCUT2D eigenvalue weighted by atomic mass is 16.4. The molecule has 4 nitrogen and oxygen atoms in total. The topological polar surface area (TPSA) is 63.1 Å². The number of fused-ring (bicyclic) bond motifs is 1. The average Bonchev–Trinajstić information content (AvgIpc) is 2.20. The van der Waals surface area contributed by atoms with Crippen molar-refractivity contribution in [1.29, 1.82) is 0 Å². The van der Waals surface area contributed by atoms with Crippen molar-refractivity contribution in [2.75, 3.05) is 0 Å². The summed E-state index contributed by atoms with van der Waals surface area (Å²) in [5, 5.41) is 0.491. The summed E-state index contributed by atoms with van der Waals surface area (Å²) in [5.41, 5.74) is 3.08. The van der Waals surface area contributed by atoms with Crippen molar-refractivity contribution in [3.05, 3.63) is 43.7 Å². The van der Waals surface area contributed by atoms with Crippen LogP contribution in [0.25, 0.3) is 10.9 Å². The van der Waals surface area contributed by atoms with E-state index in [9.17, 15) is 9.59 Å². The Hall–Kier alpha value is -1.84. The summed E-state index contributed by atoms with van der Waals surface area (Å²) in [6.07, 6.45) is 0.737. The molecule has 1 N–H and O–H groups in total. The molecular formula is C12H13NO3. The van der Waals surface area contributed by atoms with Gasteiger partial charge in [-0.25, -0.2) is 9.59 Å². The summed E-state index contributed by atoms with van der Waals surface area (Å²) in [5.74, 6) is -0.706. The first-order chi connectivity index (χ1) is 7.54. The highest BCUT2D eigenvalue weighted by Gasteiger charge is 2.11. The Labute approximate surface area is 91.9 Å². The lowest BCUT2D eigenvalue weighted by Gasteiger charge is -2.09. The third-order valence-electron chi connectivity index (χ3n) is 2.96. The van der Waals surface area contributed by atoms with Gasteiger partial charge in [0.05, 0.1) is 10.9 Å². The van der Waals surface area contributed by atoms with Gasteiger partial charge < -0.3 is 4.42 Å². The van der Waals surface area contributed by atoms with E-state index < -0.39 is 11.4 Å². The van der Waals surface area contributed by atoms with Crippen molar-refractivity contribution in [3.8, 4) is 0 Å². The van der Waals surface area contributed by atoms with Crippen LogP contribution in [-0.2, 0) is 6.42 Å². The minimum Gasteiger partial charge on any atom is -0.372 e. The van der Waals surface area contributed by atoms with Gasteiger partial charge in [0.15, 0.2) is 0 Å². The van der Waals surface area contributed by atoms with Gasteiger partial charge in [0.1, 0.15) is 0 Å². The first kappa shape index (κ1) is 10.7. The SMILES string of the molecule is CCc1c(C)c(C)cc2[nH]c(=O)oc(=O)c12. The lowest BCUT2D eigenvalue weighted by Crippen LogP contribution is -2.16. The third-order valence-corrected chi connectivity index (χ3v) is 2.96. The Kier molecular flexibility index (Phi) is 2.42. The van der Waals surface area contributed by atoms with Crippen LogP contribution in [-0.4, -0.2) is 4.98 Å². The number of hydrogen-bond donors (Lipinski definition) is 1. The largest absolute Gasteiger partial charge is 0.419 e. The molecule has 0 amide bonds. The molecule has 0 saturated heterocycles. The standard InChI is InChI=1S/C12H13NO3/c1-4-8-7(3)6(2)5-9-10(8)11(14)16-12(15)13-9/h5H,4H2,1-3H3,(H,13,15). The maximum Gasteiger partial charge on any atom is 0.419 e. The van der Waals surface area contributed by atoms with Crippen molar-refractivity contribution in [3.63, 3.8) is 0 Å². The zero-order valence-electron chi connectivity index (χ0n) is 9.51. The summed E-state index contributed by atoms with van der Waals surface area (Å²) < 4.78 is 4.56. The maximum atomic E-state index is 11.7. The van der Waals surface area contributed by atoms with Crippen LogP contribution in [0.15, 0.2) is 20.1 Å². The van der Waals surface area contributed by atoms with Crippen LogP contribution in [0.5, 0.6) is 0 Å². The second-order valence-corrected chi connectivity index (χ2v) is 3.88. The molecular weight excluding hydrogens is 206 g/mol. The number of nitrogens with one attached hydrogen (secondary N) is 1. The van der Waals surface area contributed by atoms with Crippen LogP contribution in [0, 0.1) is 13.8 Å². The molecule has 16 heavy (non-hydrogen) atoms. The van der Waals surface area contributed by atoms with E-state index in [4.69, 9.17) is 0 Å². The number of benzene rings is 1. The molecule has 1 aromatic carbocycles. The summed E-state index contributed by atoms with van der Waals surface area (Å²) in [6.45, 7) is 5.91. The first-order valence-corrected chi connectivity index (χ1v) is 5.20. The predicted octanol–water partition coefficient (Wildman–Crippen LogP) is 1.66. The van der Waals surface area contributed by atoms with Gasteiger partial charge in [-0.1, -0.05) is 6.92 Å². The second-order valence-electron chi connectivity index (χ2n) is 3.88. The molecule has 0 saturated carbocycles. The minimum atomic E-state index is -0.706. The fraction of sp³-hybridized carbons (Fsp3) is 0.333. The van der Waals surface area contributed by atoms with Crippen LogP contribution >= 0.6 is 0 Å². The Bertz CT molecular complexity index is 664. The minimum absolute atomic E-state index is 0.491. The number of aromatic nitrogens is 1. The van der Waals surface area contributed by atoms with E-state index in [1.54, 1.807) is 0 Å². The van der Waals surface area contributed by atoms with E-state index in [1.807, 2.05) is 26.8 Å². The molecule has 2 rings (SSSR count). The lowest BCUT2D eigenvalue weighted by molar-refractivity contribution is 0.459. The van der Waals surface area contributed by atoms with Crippen molar-refractivity contribution < 1.29 is 4.42 Å². The van der Waals surface area contributed by atoms with Crippen molar-refractivity contribution in [2.24, 2.45) is 0 Å². The van der Waals surface area contributed by atoms with Gasteiger partial charge in [0.25, 0.3) is 0 Å². The first-order valence-electron chi connectivity index (χ1n) is 5.20. The molecule has 0 radical (unpaired) electrons. The van der Waals surface area contributed by atoms with E-state index in [2.05, 4.69) is 9.40 Å². The van der Waals surface area contributed by atoms with Crippen LogP contribution < -0.4 is 11.4 Å². The molecule has 1 heterocycles. The van der Waals surface area contributed by atoms with Gasteiger partial charge in [-0.15, -0.1) is 0 Å². The number of aromatic amines is 1. The van der Waals surface area contributed by atoms with Gasteiger partial charge in [0, 0.05) is 0 Å². The van der Waals surface area contributed by atoms with Gasteiger partial charge in [-0.05, 0) is 43.0 Å². The Morgan fingerprint density at radius 2 is 2.00 bits per heavy atom. The van der Waals surface area contributed by atoms with Gasteiger partial charge in [0.2, 0.25) is 0 Å². The zero-order chi connectivity index (χ0) is 11.9. The molecule has 0 spiro atoms. The predicted molar refractivity (Wildman–Crippen MR) is 62.0 cm³/mol. The van der Waals surface area contributed by atoms with Crippen LogP contribution in [0.1, 0.15) is 23.6 Å². The molecule has 0 unspecified atom stereocenters. The molecule has 0 aliphatic heterocycles. The lowest BCUT2D eigenvalue weighted by atomic mass is 9.97. The van der Waals surface area contributed by atoms with Crippen molar-refractivity contribution >= 4 is 10.9 Å². The molecule has 4 heteroatoms. The maximum absolute atomic E-state index is 11.7. The molecule has 0 aliphatic rings. The summed E-state index contributed by atoms with van der Waals surface area (Å²) in [6, 6.07) is 1.81. The fourth-order valence-electron chi connectivity index (χ4n) is 2.03. The molecule has 2 aromatic rings. The van der Waals surface area contributed by atoms with Crippen LogP contribution in [0.3, 0.4) is 0 Å². The zero-order valence-corrected chi connectivity index (χ0v) is 9.51. The number of hydrogen-bond acceptors (Lipinski definition) is 3. The molecule has 0 aliphatic carbocycles. The summed E-state index contributed by atoms with van der Waals surface area (Å²) >= 11 is 0. The van der Waals surface area contributed by atoms with Gasteiger partial charge in [-0.2, -0.15) is 0 Å².